The summed E-state index contributed by atoms with van der Waals surface area (Å²) in [7, 11) is 0. The van der Waals surface area contributed by atoms with E-state index < -0.39 is 0 Å². The van der Waals surface area contributed by atoms with Crippen LogP contribution >= 0.6 is 0 Å². The summed E-state index contributed by atoms with van der Waals surface area (Å²) in [4.78, 5) is 0. The molecule has 0 saturated heterocycles. The molecule has 2 saturated carbocycles. The Kier molecular flexibility index (Phi) is 6.01. The third-order valence-electron chi connectivity index (χ3n) is 7.39. The van der Waals surface area contributed by atoms with Gasteiger partial charge in [-0.2, -0.15) is 0 Å². The van der Waals surface area contributed by atoms with Crippen molar-refractivity contribution in [1.82, 2.24) is 0 Å². The van der Waals surface area contributed by atoms with Crippen LogP contribution in [-0.4, -0.2) is 0 Å². The Morgan fingerprint density at radius 2 is 1.15 bits per heavy atom. The van der Waals surface area contributed by atoms with E-state index in [1.165, 1.54) is 86.5 Å². The van der Waals surface area contributed by atoms with E-state index in [1.807, 2.05) is 0 Å². The third kappa shape index (κ3) is 4.00. The number of hydrogen-bond donors (Lipinski definition) is 0. The SMILES string of the molecule is Cc1cccc(C)c1-c1ccccc1C(C1CCCCC1)C1CCCCC1. The lowest BCUT2D eigenvalue weighted by molar-refractivity contribution is 0.203. The van der Waals surface area contributed by atoms with Gasteiger partial charge in [-0.05, 0) is 85.1 Å². The van der Waals surface area contributed by atoms with E-state index in [2.05, 4.69) is 56.3 Å². The molecule has 0 heteroatoms. The van der Waals surface area contributed by atoms with Gasteiger partial charge in [-0.3, -0.25) is 0 Å². The van der Waals surface area contributed by atoms with Gasteiger partial charge in [-0.1, -0.05) is 81.0 Å². The summed E-state index contributed by atoms with van der Waals surface area (Å²) in [5, 5.41) is 0. The van der Waals surface area contributed by atoms with Gasteiger partial charge in [0.25, 0.3) is 0 Å². The summed E-state index contributed by atoms with van der Waals surface area (Å²) in [5.74, 6) is 2.56. The average Bonchev–Trinajstić information content (AvgIpc) is 2.71. The maximum Gasteiger partial charge on any atom is -0.00991 e. The smallest absolute Gasteiger partial charge is 0.00991 e. The Morgan fingerprint density at radius 1 is 0.630 bits per heavy atom. The fraction of sp³-hybridized carbons (Fsp3) is 0.556. The van der Waals surface area contributed by atoms with Crippen molar-refractivity contribution in [2.24, 2.45) is 11.8 Å². The van der Waals surface area contributed by atoms with Gasteiger partial charge in [-0.15, -0.1) is 0 Å². The lowest BCUT2D eigenvalue weighted by Crippen LogP contribution is -2.26. The number of benzene rings is 2. The van der Waals surface area contributed by atoms with E-state index in [0.29, 0.717) is 0 Å². The molecule has 0 bridgehead atoms. The third-order valence-corrected chi connectivity index (χ3v) is 7.39. The van der Waals surface area contributed by atoms with Crippen LogP contribution in [0.4, 0.5) is 0 Å². The number of rotatable bonds is 4. The molecule has 2 aliphatic rings. The number of hydrogen-bond acceptors (Lipinski definition) is 0. The molecule has 2 aromatic carbocycles. The van der Waals surface area contributed by atoms with Crippen molar-refractivity contribution in [3.8, 4) is 11.1 Å². The van der Waals surface area contributed by atoms with Crippen molar-refractivity contribution >= 4 is 0 Å². The minimum Gasteiger partial charge on any atom is -0.0619 e. The van der Waals surface area contributed by atoms with Crippen LogP contribution in [0.3, 0.4) is 0 Å². The molecule has 0 amide bonds. The van der Waals surface area contributed by atoms with E-state index in [9.17, 15) is 0 Å². The van der Waals surface area contributed by atoms with E-state index >= 15 is 0 Å². The molecule has 2 aromatic rings. The van der Waals surface area contributed by atoms with Crippen molar-refractivity contribution in [2.45, 2.75) is 84.0 Å². The molecule has 2 fully saturated rings. The van der Waals surface area contributed by atoms with Gasteiger partial charge in [0.15, 0.2) is 0 Å². The van der Waals surface area contributed by atoms with E-state index in [0.717, 1.165) is 17.8 Å². The van der Waals surface area contributed by atoms with Crippen molar-refractivity contribution < 1.29 is 0 Å². The van der Waals surface area contributed by atoms with E-state index in [-0.39, 0.29) is 0 Å². The molecule has 0 spiro atoms. The Bertz CT molecular complexity index is 706. The summed E-state index contributed by atoms with van der Waals surface area (Å²) in [6.45, 7) is 4.57. The maximum absolute atomic E-state index is 2.48. The highest BCUT2D eigenvalue weighted by atomic mass is 14.4. The molecule has 144 valence electrons. The second-order valence-electron chi connectivity index (χ2n) is 9.18. The lowest BCUT2D eigenvalue weighted by Gasteiger charge is -2.39. The van der Waals surface area contributed by atoms with Gasteiger partial charge >= 0.3 is 0 Å². The summed E-state index contributed by atoms with van der Waals surface area (Å²) >= 11 is 0. The molecule has 2 aliphatic carbocycles. The molecule has 0 heterocycles. The first-order valence-electron chi connectivity index (χ1n) is 11.4. The zero-order chi connectivity index (χ0) is 18.6. The predicted octanol–water partition coefficient (Wildman–Crippen LogP) is 8.21. The van der Waals surface area contributed by atoms with Gasteiger partial charge in [0.1, 0.15) is 0 Å². The van der Waals surface area contributed by atoms with Crippen LogP contribution in [0.1, 0.15) is 86.8 Å². The van der Waals surface area contributed by atoms with Crippen LogP contribution in [-0.2, 0) is 0 Å². The first kappa shape index (κ1) is 18.8. The second-order valence-corrected chi connectivity index (χ2v) is 9.18. The standard InChI is InChI=1S/C27H36/c1-20-12-11-13-21(2)26(20)24-18-9-10-19-25(24)27(22-14-5-3-6-15-22)23-16-7-4-8-17-23/h9-13,18-19,22-23,27H,3-8,14-17H2,1-2H3. The lowest BCUT2D eigenvalue weighted by atomic mass is 9.66. The summed E-state index contributed by atoms with van der Waals surface area (Å²) in [6.07, 6.45) is 14.5. The molecule has 0 N–H and O–H groups in total. The summed E-state index contributed by atoms with van der Waals surface area (Å²) in [6, 6.07) is 16.2. The summed E-state index contributed by atoms with van der Waals surface area (Å²) in [5.41, 5.74) is 7.52. The highest BCUT2D eigenvalue weighted by Crippen LogP contribution is 2.48. The van der Waals surface area contributed by atoms with Crippen LogP contribution in [0.25, 0.3) is 11.1 Å². The van der Waals surface area contributed by atoms with Gasteiger partial charge in [0.05, 0.1) is 0 Å². The fourth-order valence-electron chi connectivity index (χ4n) is 6.13. The second kappa shape index (κ2) is 8.63. The first-order valence-corrected chi connectivity index (χ1v) is 11.4. The molecular formula is C27H36. The van der Waals surface area contributed by atoms with Crippen LogP contribution in [0.5, 0.6) is 0 Å². The molecule has 0 nitrogen and oxygen atoms in total. The van der Waals surface area contributed by atoms with Crippen LogP contribution < -0.4 is 0 Å². The normalized spacial score (nSPS) is 19.5. The molecular weight excluding hydrogens is 324 g/mol. The van der Waals surface area contributed by atoms with Gasteiger partial charge in [0, 0.05) is 0 Å². The van der Waals surface area contributed by atoms with Crippen LogP contribution in [0, 0.1) is 25.7 Å². The molecule has 27 heavy (non-hydrogen) atoms. The fourth-order valence-corrected chi connectivity index (χ4v) is 6.13. The Labute approximate surface area is 166 Å². The maximum atomic E-state index is 2.48. The zero-order valence-electron chi connectivity index (χ0n) is 17.3. The minimum absolute atomic E-state index is 0.765. The monoisotopic (exact) mass is 360 g/mol. The summed E-state index contributed by atoms with van der Waals surface area (Å²) < 4.78 is 0. The average molecular weight is 361 g/mol. The van der Waals surface area contributed by atoms with Crippen LogP contribution in [0.15, 0.2) is 42.5 Å². The largest absolute Gasteiger partial charge is 0.0619 e. The Morgan fingerprint density at radius 3 is 1.70 bits per heavy atom. The molecule has 0 aromatic heterocycles. The molecule has 0 radical (unpaired) electrons. The zero-order valence-corrected chi connectivity index (χ0v) is 17.3. The minimum atomic E-state index is 0.765. The quantitative estimate of drug-likeness (QED) is 0.515. The van der Waals surface area contributed by atoms with Gasteiger partial charge in [-0.25, -0.2) is 0 Å². The van der Waals surface area contributed by atoms with Crippen molar-refractivity contribution in [2.75, 3.05) is 0 Å². The Hall–Kier alpha value is -1.56. The molecule has 0 unspecified atom stereocenters. The Balaban J connectivity index is 1.80. The topological polar surface area (TPSA) is 0 Å². The first-order chi connectivity index (χ1) is 13.3. The van der Waals surface area contributed by atoms with Crippen LogP contribution in [0.2, 0.25) is 0 Å². The predicted molar refractivity (Wildman–Crippen MR) is 117 cm³/mol. The molecule has 4 rings (SSSR count). The molecule has 0 aliphatic heterocycles. The highest BCUT2D eigenvalue weighted by Gasteiger charge is 2.34. The van der Waals surface area contributed by atoms with Gasteiger partial charge < -0.3 is 0 Å². The number of aryl methyl sites for hydroxylation is 2. The van der Waals surface area contributed by atoms with Gasteiger partial charge in [0.2, 0.25) is 0 Å². The van der Waals surface area contributed by atoms with E-state index in [4.69, 9.17) is 0 Å². The van der Waals surface area contributed by atoms with Crippen molar-refractivity contribution in [3.05, 3.63) is 59.2 Å². The highest BCUT2D eigenvalue weighted by molar-refractivity contribution is 5.74. The molecule has 0 atom stereocenters. The van der Waals surface area contributed by atoms with E-state index in [1.54, 1.807) is 5.56 Å². The van der Waals surface area contributed by atoms with Crippen molar-refractivity contribution in [1.29, 1.82) is 0 Å². The van der Waals surface area contributed by atoms with Crippen molar-refractivity contribution in [3.63, 3.8) is 0 Å².